The van der Waals surface area contributed by atoms with Gasteiger partial charge in [0.1, 0.15) is 12.0 Å². The molecule has 0 radical (unpaired) electrons. The van der Waals surface area contributed by atoms with Gasteiger partial charge in [-0.2, -0.15) is 0 Å². The van der Waals surface area contributed by atoms with Crippen LogP contribution < -0.4 is 4.74 Å². The fraction of sp³-hybridized carbons (Fsp3) is 0.429. The van der Waals surface area contributed by atoms with Gasteiger partial charge in [0.2, 0.25) is 0 Å². The number of benzene rings is 1. The topological polar surface area (TPSA) is 12.5 Å². The lowest BCUT2D eigenvalue weighted by Gasteiger charge is -2.27. The van der Waals surface area contributed by atoms with E-state index in [2.05, 4.69) is 24.7 Å². The van der Waals surface area contributed by atoms with Gasteiger partial charge in [-0.1, -0.05) is 31.9 Å². The van der Waals surface area contributed by atoms with Crippen molar-refractivity contribution in [2.24, 2.45) is 0 Å². The molecule has 0 aliphatic rings. The number of nitrogens with zero attached hydrogens (tertiary/aromatic N) is 1. The van der Waals surface area contributed by atoms with E-state index in [1.54, 1.807) is 0 Å². The largest absolute Gasteiger partial charge is 0.474 e. The first-order valence-corrected chi connectivity index (χ1v) is 5.69. The van der Waals surface area contributed by atoms with Gasteiger partial charge in [0.15, 0.2) is 0 Å². The fourth-order valence-electron chi connectivity index (χ4n) is 1.68. The highest BCUT2D eigenvalue weighted by Crippen LogP contribution is 2.18. The molecule has 0 spiro atoms. The summed E-state index contributed by atoms with van der Waals surface area (Å²) in [7, 11) is 0. The molecule has 0 aliphatic carbocycles. The maximum Gasteiger partial charge on any atom is 0.149 e. The Labute approximate surface area is 98.2 Å². The Morgan fingerprint density at radius 3 is 2.50 bits per heavy atom. The summed E-state index contributed by atoms with van der Waals surface area (Å²) in [5.74, 6) is 3.41. The summed E-state index contributed by atoms with van der Waals surface area (Å²) in [6.07, 6.45) is 5.47. The predicted molar refractivity (Wildman–Crippen MR) is 67.4 cm³/mol. The quantitative estimate of drug-likeness (QED) is 0.555. The second-order valence-electron chi connectivity index (χ2n) is 3.58. The van der Waals surface area contributed by atoms with Gasteiger partial charge in [-0.25, -0.2) is 0 Å². The van der Waals surface area contributed by atoms with E-state index >= 15 is 0 Å². The molecule has 0 heterocycles. The predicted octanol–water partition coefficient (Wildman–Crippen LogP) is 2.73. The van der Waals surface area contributed by atoms with E-state index in [0.717, 1.165) is 24.4 Å². The third kappa shape index (κ3) is 3.01. The van der Waals surface area contributed by atoms with E-state index in [0.29, 0.717) is 0 Å². The first-order valence-electron chi connectivity index (χ1n) is 5.69. The SMILES string of the molecule is C#Cc1ccccc1OC(C)N(CC)CC. The molecule has 1 rings (SSSR count). The second-order valence-corrected chi connectivity index (χ2v) is 3.58. The summed E-state index contributed by atoms with van der Waals surface area (Å²) in [5, 5.41) is 0. The van der Waals surface area contributed by atoms with Crippen LogP contribution in [0.5, 0.6) is 5.75 Å². The molecular weight excluding hydrogens is 198 g/mol. The fourth-order valence-corrected chi connectivity index (χ4v) is 1.68. The zero-order valence-corrected chi connectivity index (χ0v) is 10.2. The van der Waals surface area contributed by atoms with Crippen molar-refractivity contribution in [3.63, 3.8) is 0 Å². The molecule has 0 aliphatic heterocycles. The third-order valence-corrected chi connectivity index (χ3v) is 2.67. The monoisotopic (exact) mass is 217 g/mol. The molecule has 0 N–H and O–H groups in total. The molecule has 0 amide bonds. The lowest BCUT2D eigenvalue weighted by Crippen LogP contribution is -2.37. The van der Waals surface area contributed by atoms with E-state index in [1.807, 2.05) is 31.2 Å². The van der Waals surface area contributed by atoms with Gasteiger partial charge in [0, 0.05) is 0 Å². The molecule has 0 bridgehead atoms. The first kappa shape index (κ1) is 12.6. The molecule has 1 aromatic carbocycles. The Balaban J connectivity index is 2.76. The van der Waals surface area contributed by atoms with E-state index in [1.165, 1.54) is 0 Å². The van der Waals surface area contributed by atoms with Crippen molar-refractivity contribution in [3.05, 3.63) is 29.8 Å². The molecule has 2 nitrogen and oxygen atoms in total. The third-order valence-electron chi connectivity index (χ3n) is 2.67. The standard InChI is InChI=1S/C14H19NO/c1-5-13-10-8-9-11-14(13)16-12(4)15(6-2)7-3/h1,8-12H,6-7H2,2-4H3. The summed E-state index contributed by atoms with van der Waals surface area (Å²) >= 11 is 0. The van der Waals surface area contributed by atoms with E-state index in [-0.39, 0.29) is 6.23 Å². The van der Waals surface area contributed by atoms with E-state index < -0.39 is 0 Å². The van der Waals surface area contributed by atoms with Crippen LogP contribution >= 0.6 is 0 Å². The van der Waals surface area contributed by atoms with Crippen molar-refractivity contribution < 1.29 is 4.74 Å². The number of ether oxygens (including phenoxy) is 1. The molecular formula is C14H19NO. The molecule has 2 heteroatoms. The Morgan fingerprint density at radius 2 is 1.94 bits per heavy atom. The van der Waals surface area contributed by atoms with Crippen LogP contribution in [-0.2, 0) is 0 Å². The van der Waals surface area contributed by atoms with Crippen molar-refractivity contribution in [1.29, 1.82) is 0 Å². The summed E-state index contributed by atoms with van der Waals surface area (Å²) in [6, 6.07) is 7.66. The molecule has 16 heavy (non-hydrogen) atoms. The molecule has 1 unspecified atom stereocenters. The van der Waals surface area contributed by atoms with Crippen LogP contribution in [0, 0.1) is 12.3 Å². The number of hydrogen-bond acceptors (Lipinski definition) is 2. The van der Waals surface area contributed by atoms with E-state index in [9.17, 15) is 0 Å². The van der Waals surface area contributed by atoms with Crippen LogP contribution in [0.3, 0.4) is 0 Å². The van der Waals surface area contributed by atoms with Crippen LogP contribution in [-0.4, -0.2) is 24.2 Å². The average molecular weight is 217 g/mol. The van der Waals surface area contributed by atoms with Crippen molar-refractivity contribution in [2.75, 3.05) is 13.1 Å². The molecule has 0 saturated carbocycles. The lowest BCUT2D eigenvalue weighted by molar-refractivity contribution is 0.0478. The highest BCUT2D eigenvalue weighted by Gasteiger charge is 2.12. The maximum atomic E-state index is 5.86. The van der Waals surface area contributed by atoms with Crippen LogP contribution in [0.25, 0.3) is 0 Å². The normalized spacial score (nSPS) is 12.2. The van der Waals surface area contributed by atoms with Crippen LogP contribution in [0.4, 0.5) is 0 Å². The lowest BCUT2D eigenvalue weighted by atomic mass is 10.2. The van der Waals surface area contributed by atoms with Gasteiger partial charge in [0.05, 0.1) is 5.56 Å². The zero-order chi connectivity index (χ0) is 12.0. The van der Waals surface area contributed by atoms with Gasteiger partial charge in [-0.3, -0.25) is 4.90 Å². The molecule has 86 valence electrons. The van der Waals surface area contributed by atoms with Crippen LogP contribution in [0.1, 0.15) is 26.3 Å². The van der Waals surface area contributed by atoms with Gasteiger partial charge >= 0.3 is 0 Å². The molecule has 1 aromatic rings. The Bertz CT molecular complexity index is 363. The van der Waals surface area contributed by atoms with Crippen molar-refractivity contribution in [1.82, 2.24) is 4.90 Å². The van der Waals surface area contributed by atoms with Gasteiger partial charge in [-0.05, 0) is 32.1 Å². The average Bonchev–Trinajstić information content (AvgIpc) is 2.31. The van der Waals surface area contributed by atoms with Crippen LogP contribution in [0.15, 0.2) is 24.3 Å². The van der Waals surface area contributed by atoms with Crippen molar-refractivity contribution >= 4 is 0 Å². The molecule has 1 atom stereocenters. The minimum absolute atomic E-state index is 0.0458. The first-order chi connectivity index (χ1) is 7.72. The number of hydrogen-bond donors (Lipinski definition) is 0. The minimum atomic E-state index is 0.0458. The van der Waals surface area contributed by atoms with Gasteiger partial charge in [-0.15, -0.1) is 6.42 Å². The van der Waals surface area contributed by atoms with Crippen molar-refractivity contribution in [3.8, 4) is 18.1 Å². The van der Waals surface area contributed by atoms with Gasteiger partial charge < -0.3 is 4.74 Å². The highest BCUT2D eigenvalue weighted by molar-refractivity contribution is 5.44. The highest BCUT2D eigenvalue weighted by atomic mass is 16.5. The number of rotatable bonds is 5. The Morgan fingerprint density at radius 1 is 1.31 bits per heavy atom. The Hall–Kier alpha value is -1.46. The van der Waals surface area contributed by atoms with Crippen molar-refractivity contribution in [2.45, 2.75) is 27.0 Å². The number of para-hydroxylation sites is 1. The van der Waals surface area contributed by atoms with Gasteiger partial charge in [0.25, 0.3) is 0 Å². The smallest absolute Gasteiger partial charge is 0.149 e. The molecule has 0 saturated heterocycles. The summed E-state index contributed by atoms with van der Waals surface area (Å²) in [4.78, 5) is 2.23. The zero-order valence-electron chi connectivity index (χ0n) is 10.2. The van der Waals surface area contributed by atoms with E-state index in [4.69, 9.17) is 11.2 Å². The van der Waals surface area contributed by atoms with Crippen LogP contribution in [0.2, 0.25) is 0 Å². The summed E-state index contributed by atoms with van der Waals surface area (Å²) in [6.45, 7) is 8.22. The number of terminal acetylenes is 1. The Kier molecular flexibility index (Phi) is 4.88. The molecule has 0 fully saturated rings. The molecule has 0 aromatic heterocycles. The summed E-state index contributed by atoms with van der Waals surface area (Å²) in [5.41, 5.74) is 0.807. The minimum Gasteiger partial charge on any atom is -0.474 e. The summed E-state index contributed by atoms with van der Waals surface area (Å²) < 4.78 is 5.86. The second kappa shape index (κ2) is 6.19. The maximum absolute atomic E-state index is 5.86.